The molecule has 2 aromatic heterocycles. The molecule has 1 aliphatic rings. The van der Waals surface area contributed by atoms with E-state index in [2.05, 4.69) is 4.98 Å². The minimum Gasteiger partial charge on any atom is -0.480 e. The summed E-state index contributed by atoms with van der Waals surface area (Å²) >= 11 is 5.63. The average molecular weight is 487 g/mol. The third-order valence-corrected chi connectivity index (χ3v) is 7.60. The first kappa shape index (κ1) is 22.4. The van der Waals surface area contributed by atoms with Crippen molar-refractivity contribution in [2.24, 2.45) is 0 Å². The molecule has 1 fully saturated rings. The fraction of sp³-hybridized carbons (Fsp3) is 0.316. The average Bonchev–Trinajstić information content (AvgIpc) is 3.02. The molecule has 1 aromatic carbocycles. The molecule has 9 nitrogen and oxygen atoms in total. The fourth-order valence-electron chi connectivity index (χ4n) is 3.91. The van der Waals surface area contributed by atoms with E-state index in [1.165, 1.54) is 10.8 Å². The molecule has 170 valence electrons. The van der Waals surface area contributed by atoms with Crippen molar-refractivity contribution in [3.05, 3.63) is 57.6 Å². The summed E-state index contributed by atoms with van der Waals surface area (Å²) in [6, 6.07) is 3.89. The molecule has 0 spiro atoms. The minimum atomic E-state index is -4.28. The molecule has 0 aliphatic carbocycles. The van der Waals surface area contributed by atoms with Gasteiger partial charge in [0.2, 0.25) is 10.0 Å². The van der Waals surface area contributed by atoms with Crippen LogP contribution in [0.5, 0.6) is 0 Å². The van der Waals surface area contributed by atoms with E-state index < -0.39 is 55.8 Å². The van der Waals surface area contributed by atoms with Gasteiger partial charge in [-0.2, -0.15) is 4.31 Å². The molecule has 1 saturated heterocycles. The second-order valence-corrected chi connectivity index (χ2v) is 9.62. The van der Waals surface area contributed by atoms with Gasteiger partial charge in [0.05, 0.1) is 10.5 Å². The lowest BCUT2D eigenvalue weighted by molar-refractivity contribution is -0.137. The van der Waals surface area contributed by atoms with E-state index in [-0.39, 0.29) is 25.9 Å². The molecule has 0 unspecified atom stereocenters. The van der Waals surface area contributed by atoms with Gasteiger partial charge in [0.15, 0.2) is 5.65 Å². The number of carboxylic acids is 1. The predicted molar refractivity (Wildman–Crippen MR) is 110 cm³/mol. The van der Waals surface area contributed by atoms with Crippen LogP contribution in [0.1, 0.15) is 18.9 Å². The van der Waals surface area contributed by atoms with Crippen LogP contribution < -0.4 is 5.69 Å². The number of aliphatic carboxylic acids is 1. The maximum atomic E-state index is 14.1. The predicted octanol–water partition coefficient (Wildman–Crippen LogP) is 2.24. The number of carboxylic acid groups (broad SMARTS) is 1. The van der Waals surface area contributed by atoms with Gasteiger partial charge in [0.1, 0.15) is 23.1 Å². The second kappa shape index (κ2) is 8.26. The van der Waals surface area contributed by atoms with Crippen LogP contribution in [0.15, 0.2) is 40.2 Å². The van der Waals surface area contributed by atoms with Crippen molar-refractivity contribution in [2.75, 3.05) is 13.1 Å². The normalized spacial score (nSPS) is 16.0. The maximum Gasteiger partial charge on any atom is 0.331 e. The van der Waals surface area contributed by atoms with Crippen molar-refractivity contribution < 1.29 is 27.1 Å². The van der Waals surface area contributed by atoms with Crippen LogP contribution in [-0.4, -0.2) is 51.0 Å². The van der Waals surface area contributed by atoms with Crippen molar-refractivity contribution in [1.29, 1.82) is 0 Å². The van der Waals surface area contributed by atoms with Crippen molar-refractivity contribution >= 4 is 38.8 Å². The summed E-state index contributed by atoms with van der Waals surface area (Å²) in [6.07, 6.45) is 1.89. The molecule has 13 heteroatoms. The Labute approximate surface area is 185 Å². The Kier molecular flexibility index (Phi) is 5.77. The molecular formula is C19H17ClF2N4O5S. The molecule has 0 bridgehead atoms. The van der Waals surface area contributed by atoms with Crippen LogP contribution in [-0.2, 0) is 21.4 Å². The van der Waals surface area contributed by atoms with Gasteiger partial charge < -0.3 is 5.11 Å². The van der Waals surface area contributed by atoms with Crippen LogP contribution >= 0.6 is 11.6 Å². The number of rotatable bonds is 5. The number of hydrogen-bond acceptors (Lipinski definition) is 5. The number of fused-ring (bicyclic) bond motifs is 1. The Hall–Kier alpha value is -2.83. The molecule has 3 heterocycles. The second-order valence-electron chi connectivity index (χ2n) is 7.31. The molecule has 1 aliphatic heterocycles. The van der Waals surface area contributed by atoms with Crippen LogP contribution in [0.4, 0.5) is 8.78 Å². The van der Waals surface area contributed by atoms with E-state index in [4.69, 9.17) is 16.7 Å². The van der Waals surface area contributed by atoms with Gasteiger partial charge in [0.25, 0.3) is 0 Å². The Morgan fingerprint density at radius 1 is 1.22 bits per heavy atom. The van der Waals surface area contributed by atoms with Gasteiger partial charge >= 0.3 is 11.7 Å². The van der Waals surface area contributed by atoms with E-state index in [1.807, 2.05) is 0 Å². The topological polar surface area (TPSA) is 114 Å². The highest BCUT2D eigenvalue weighted by molar-refractivity contribution is 7.89. The monoisotopic (exact) mass is 486 g/mol. The van der Waals surface area contributed by atoms with Crippen LogP contribution in [0, 0.1) is 11.6 Å². The molecule has 3 aromatic rings. The highest BCUT2D eigenvalue weighted by Gasteiger charge is 2.34. The quantitative estimate of drug-likeness (QED) is 0.553. The number of sulfonamides is 1. The zero-order valence-electron chi connectivity index (χ0n) is 16.4. The van der Waals surface area contributed by atoms with Gasteiger partial charge in [0, 0.05) is 31.4 Å². The molecule has 0 amide bonds. The van der Waals surface area contributed by atoms with Crippen LogP contribution in [0.25, 0.3) is 11.2 Å². The number of benzene rings is 1. The molecule has 0 radical (unpaired) electrons. The number of halogens is 3. The van der Waals surface area contributed by atoms with Gasteiger partial charge in [-0.1, -0.05) is 11.6 Å². The number of hydrogen-bond donors (Lipinski definition) is 1. The number of nitrogens with zero attached hydrogens (tertiary/aromatic N) is 4. The molecule has 0 saturated carbocycles. The van der Waals surface area contributed by atoms with E-state index in [0.29, 0.717) is 17.2 Å². The van der Waals surface area contributed by atoms with Crippen LogP contribution in [0.2, 0.25) is 5.02 Å². The summed E-state index contributed by atoms with van der Waals surface area (Å²) in [6.45, 7) is -0.607. The van der Waals surface area contributed by atoms with Gasteiger partial charge in [-0.15, -0.1) is 0 Å². The number of piperidine rings is 1. The van der Waals surface area contributed by atoms with E-state index in [0.717, 1.165) is 14.9 Å². The van der Waals surface area contributed by atoms with E-state index in [9.17, 15) is 26.8 Å². The summed E-state index contributed by atoms with van der Waals surface area (Å²) in [4.78, 5) is 27.6. The summed E-state index contributed by atoms with van der Waals surface area (Å²) in [7, 11) is -4.28. The largest absolute Gasteiger partial charge is 0.480 e. The molecule has 1 N–H and O–H groups in total. The third-order valence-electron chi connectivity index (χ3n) is 5.40. The summed E-state index contributed by atoms with van der Waals surface area (Å²) < 4.78 is 56.8. The van der Waals surface area contributed by atoms with Crippen LogP contribution in [0.3, 0.4) is 0 Å². The number of aromatic nitrogens is 3. The first-order valence-corrected chi connectivity index (χ1v) is 11.4. The minimum absolute atomic E-state index is 0.0354. The van der Waals surface area contributed by atoms with Gasteiger partial charge in [-0.25, -0.2) is 27.0 Å². The summed E-state index contributed by atoms with van der Waals surface area (Å²) in [5.74, 6) is -3.49. The molecule has 0 atom stereocenters. The molecular weight excluding hydrogens is 470 g/mol. The SMILES string of the molecule is O=C(O)Cn1c(=O)n(C2CCN(S(=O)(=O)c3cc(Cl)c(F)cc3F)CC2)c2ncccc21. The van der Waals surface area contributed by atoms with Crippen molar-refractivity contribution in [3.63, 3.8) is 0 Å². The number of imidazole rings is 1. The smallest absolute Gasteiger partial charge is 0.331 e. The van der Waals surface area contributed by atoms with Crippen molar-refractivity contribution in [2.45, 2.75) is 30.3 Å². The number of carbonyl (C=O) groups is 1. The first-order valence-electron chi connectivity index (χ1n) is 9.53. The fourth-order valence-corrected chi connectivity index (χ4v) is 5.68. The summed E-state index contributed by atoms with van der Waals surface area (Å²) in [5, 5.41) is 8.63. The van der Waals surface area contributed by atoms with Gasteiger partial charge in [-0.05, 0) is 31.0 Å². The zero-order valence-corrected chi connectivity index (χ0v) is 18.0. The Balaban J connectivity index is 1.63. The van der Waals surface area contributed by atoms with Crippen molar-refractivity contribution in [3.8, 4) is 0 Å². The Bertz CT molecular complexity index is 1380. The molecule has 4 rings (SSSR count). The first-order chi connectivity index (χ1) is 15.1. The highest BCUT2D eigenvalue weighted by atomic mass is 35.5. The van der Waals surface area contributed by atoms with Crippen molar-refractivity contribution in [1.82, 2.24) is 18.4 Å². The number of pyridine rings is 1. The lowest BCUT2D eigenvalue weighted by atomic mass is 10.1. The van der Waals surface area contributed by atoms with E-state index in [1.54, 1.807) is 12.1 Å². The molecule has 32 heavy (non-hydrogen) atoms. The summed E-state index contributed by atoms with van der Waals surface area (Å²) in [5.41, 5.74) is 0.105. The maximum absolute atomic E-state index is 14.1. The highest BCUT2D eigenvalue weighted by Crippen LogP contribution is 2.30. The Morgan fingerprint density at radius 3 is 2.56 bits per heavy atom. The lowest BCUT2D eigenvalue weighted by Gasteiger charge is -2.31. The van der Waals surface area contributed by atoms with Gasteiger partial charge in [-0.3, -0.25) is 13.9 Å². The van der Waals surface area contributed by atoms with E-state index >= 15 is 0 Å². The lowest BCUT2D eigenvalue weighted by Crippen LogP contribution is -2.41. The third kappa shape index (κ3) is 3.78. The standard InChI is InChI=1S/C19H17ClF2N4O5S/c20-12-8-16(14(22)9-13(12)21)32(30,31)24-6-3-11(4-7-24)26-18-15(2-1-5-23-18)25(19(26)29)10-17(27)28/h1-2,5,8-9,11H,3-4,6-7,10H2,(H,27,28). The Morgan fingerprint density at radius 2 is 1.91 bits per heavy atom. The zero-order chi connectivity index (χ0) is 23.2.